The fourth-order valence-corrected chi connectivity index (χ4v) is 4.20. The van der Waals surface area contributed by atoms with Crippen LogP contribution in [0, 0.1) is 0 Å². The Labute approximate surface area is 180 Å². The van der Waals surface area contributed by atoms with Crippen LogP contribution in [0.5, 0.6) is 0 Å². The van der Waals surface area contributed by atoms with E-state index in [-0.39, 0.29) is 0 Å². The second kappa shape index (κ2) is 15.3. The first-order valence-electron chi connectivity index (χ1n) is 12.5. The molecule has 2 nitrogen and oxygen atoms in total. The SMILES string of the molecule is CCCCCCCCCCCCCC[n+]1ccn(CCCC)c1-c1ccccc1. The zero-order chi connectivity index (χ0) is 20.6. The van der Waals surface area contributed by atoms with Crippen molar-refractivity contribution in [2.24, 2.45) is 0 Å². The van der Waals surface area contributed by atoms with Gasteiger partial charge in [0.1, 0.15) is 12.4 Å². The molecule has 0 atom stereocenters. The fourth-order valence-electron chi connectivity index (χ4n) is 4.20. The average Bonchev–Trinajstić information content (AvgIpc) is 3.16. The monoisotopic (exact) mass is 397 g/mol. The number of hydrogen-bond donors (Lipinski definition) is 0. The maximum Gasteiger partial charge on any atom is 0.288 e. The van der Waals surface area contributed by atoms with E-state index in [9.17, 15) is 0 Å². The lowest BCUT2D eigenvalue weighted by molar-refractivity contribution is -0.686. The highest BCUT2D eigenvalue weighted by molar-refractivity contribution is 5.52. The van der Waals surface area contributed by atoms with Gasteiger partial charge in [-0.2, -0.15) is 0 Å². The molecule has 1 aromatic heterocycles. The quantitative estimate of drug-likeness (QED) is 0.189. The molecule has 0 spiro atoms. The Bertz CT molecular complexity index is 629. The molecule has 2 heteroatoms. The van der Waals surface area contributed by atoms with Crippen LogP contribution in [0.15, 0.2) is 42.7 Å². The summed E-state index contributed by atoms with van der Waals surface area (Å²) in [7, 11) is 0. The highest BCUT2D eigenvalue weighted by Gasteiger charge is 2.18. The van der Waals surface area contributed by atoms with Gasteiger partial charge in [0.2, 0.25) is 0 Å². The predicted octanol–water partition coefficient (Wildman–Crippen LogP) is 7.94. The van der Waals surface area contributed by atoms with E-state index in [4.69, 9.17) is 0 Å². The second-order valence-electron chi connectivity index (χ2n) is 8.62. The molecule has 0 bridgehead atoms. The minimum absolute atomic E-state index is 1.12. The Morgan fingerprint density at radius 3 is 1.79 bits per heavy atom. The van der Waals surface area contributed by atoms with E-state index in [1.54, 1.807) is 0 Å². The zero-order valence-electron chi connectivity index (χ0n) is 19.2. The molecule has 1 heterocycles. The summed E-state index contributed by atoms with van der Waals surface area (Å²) in [5.41, 5.74) is 1.34. The zero-order valence-corrected chi connectivity index (χ0v) is 19.2. The molecule has 0 unspecified atom stereocenters. The number of benzene rings is 1. The van der Waals surface area contributed by atoms with Crippen molar-refractivity contribution in [3.63, 3.8) is 0 Å². The third-order valence-corrected chi connectivity index (χ3v) is 6.01. The Morgan fingerprint density at radius 2 is 1.21 bits per heavy atom. The van der Waals surface area contributed by atoms with Gasteiger partial charge in [0, 0.05) is 0 Å². The number of hydrogen-bond acceptors (Lipinski definition) is 0. The van der Waals surface area contributed by atoms with Gasteiger partial charge in [-0.15, -0.1) is 0 Å². The van der Waals surface area contributed by atoms with Crippen molar-refractivity contribution in [1.82, 2.24) is 4.57 Å². The van der Waals surface area contributed by atoms with Crippen molar-refractivity contribution in [3.05, 3.63) is 42.7 Å². The molecule has 0 amide bonds. The standard InChI is InChI=1S/C27H45N2/c1-3-5-7-8-9-10-11-12-13-14-15-19-23-29-25-24-28(22-6-4-2)27(29)26-20-17-16-18-21-26/h16-18,20-21,24-25H,3-15,19,22-23H2,1-2H3/q+1. The van der Waals surface area contributed by atoms with E-state index in [0.717, 1.165) is 13.1 Å². The number of aromatic nitrogens is 2. The Kier molecular flexibility index (Phi) is 12.5. The molecule has 162 valence electrons. The average molecular weight is 398 g/mol. The summed E-state index contributed by atoms with van der Waals surface area (Å²) < 4.78 is 4.92. The van der Waals surface area contributed by atoms with E-state index in [1.165, 1.54) is 101 Å². The molecular weight excluding hydrogens is 352 g/mol. The van der Waals surface area contributed by atoms with Crippen molar-refractivity contribution >= 4 is 0 Å². The summed E-state index contributed by atoms with van der Waals surface area (Å²) >= 11 is 0. The Balaban J connectivity index is 1.67. The third-order valence-electron chi connectivity index (χ3n) is 6.01. The summed E-state index contributed by atoms with van der Waals surface area (Å²) in [6.45, 7) is 6.82. The van der Waals surface area contributed by atoms with Crippen LogP contribution in [-0.4, -0.2) is 4.57 Å². The summed E-state index contributed by atoms with van der Waals surface area (Å²) in [4.78, 5) is 0. The molecule has 0 radical (unpaired) electrons. The highest BCUT2D eigenvalue weighted by Crippen LogP contribution is 2.17. The first-order valence-corrected chi connectivity index (χ1v) is 12.5. The van der Waals surface area contributed by atoms with Crippen molar-refractivity contribution in [3.8, 4) is 11.4 Å². The van der Waals surface area contributed by atoms with Crippen LogP contribution < -0.4 is 4.57 Å². The van der Waals surface area contributed by atoms with Gasteiger partial charge in [-0.25, -0.2) is 9.13 Å². The van der Waals surface area contributed by atoms with Gasteiger partial charge in [-0.3, -0.25) is 0 Å². The van der Waals surface area contributed by atoms with Crippen LogP contribution in [0.25, 0.3) is 11.4 Å². The van der Waals surface area contributed by atoms with E-state index in [2.05, 4.69) is 65.7 Å². The maximum atomic E-state index is 2.47. The van der Waals surface area contributed by atoms with E-state index in [1.807, 2.05) is 0 Å². The fraction of sp³-hybridized carbons (Fsp3) is 0.667. The molecule has 0 saturated carbocycles. The van der Waals surface area contributed by atoms with Gasteiger partial charge in [0.15, 0.2) is 0 Å². The molecular formula is C27H45N2+. The molecule has 0 saturated heterocycles. The normalized spacial score (nSPS) is 11.2. The molecule has 0 aliphatic carbocycles. The van der Waals surface area contributed by atoms with Gasteiger partial charge in [-0.05, 0) is 31.4 Å². The highest BCUT2D eigenvalue weighted by atomic mass is 15.1. The molecule has 2 rings (SSSR count). The van der Waals surface area contributed by atoms with Gasteiger partial charge < -0.3 is 0 Å². The van der Waals surface area contributed by atoms with Gasteiger partial charge in [0.05, 0.1) is 18.7 Å². The minimum atomic E-state index is 1.12. The van der Waals surface area contributed by atoms with E-state index in [0.29, 0.717) is 0 Å². The predicted molar refractivity (Wildman–Crippen MR) is 126 cm³/mol. The minimum Gasteiger partial charge on any atom is -0.230 e. The first-order chi connectivity index (χ1) is 14.4. The topological polar surface area (TPSA) is 8.81 Å². The van der Waals surface area contributed by atoms with E-state index < -0.39 is 0 Å². The largest absolute Gasteiger partial charge is 0.288 e. The summed E-state index contributed by atoms with van der Waals surface area (Å²) in [6.07, 6.45) is 24.0. The molecule has 0 aliphatic rings. The summed E-state index contributed by atoms with van der Waals surface area (Å²) in [5, 5.41) is 0. The van der Waals surface area contributed by atoms with Gasteiger partial charge >= 0.3 is 0 Å². The van der Waals surface area contributed by atoms with Crippen LogP contribution in [0.1, 0.15) is 104 Å². The van der Waals surface area contributed by atoms with Crippen molar-refractivity contribution < 1.29 is 4.57 Å². The van der Waals surface area contributed by atoms with Gasteiger partial charge in [-0.1, -0.05) is 103 Å². The molecule has 0 fully saturated rings. The second-order valence-corrected chi connectivity index (χ2v) is 8.62. The summed E-state index contributed by atoms with van der Waals surface area (Å²) in [6, 6.07) is 10.9. The van der Waals surface area contributed by atoms with Crippen LogP contribution in [0.2, 0.25) is 0 Å². The van der Waals surface area contributed by atoms with Crippen molar-refractivity contribution in [2.45, 2.75) is 117 Å². The number of nitrogens with zero attached hydrogens (tertiary/aromatic N) is 2. The van der Waals surface area contributed by atoms with Crippen LogP contribution >= 0.6 is 0 Å². The molecule has 0 N–H and O–H groups in total. The molecule has 2 aromatic rings. The molecule has 29 heavy (non-hydrogen) atoms. The number of rotatable bonds is 17. The van der Waals surface area contributed by atoms with Crippen molar-refractivity contribution in [2.75, 3.05) is 0 Å². The van der Waals surface area contributed by atoms with Crippen LogP contribution in [0.4, 0.5) is 0 Å². The third kappa shape index (κ3) is 9.19. The maximum absolute atomic E-state index is 2.47. The van der Waals surface area contributed by atoms with Crippen molar-refractivity contribution in [1.29, 1.82) is 0 Å². The van der Waals surface area contributed by atoms with Gasteiger partial charge in [0.25, 0.3) is 5.82 Å². The first kappa shape index (κ1) is 23.7. The number of imidazole rings is 1. The smallest absolute Gasteiger partial charge is 0.230 e. The molecule has 0 aliphatic heterocycles. The van der Waals surface area contributed by atoms with E-state index >= 15 is 0 Å². The lowest BCUT2D eigenvalue weighted by atomic mass is 10.1. The lowest BCUT2D eigenvalue weighted by Crippen LogP contribution is -2.34. The number of unbranched alkanes of at least 4 members (excludes halogenated alkanes) is 12. The van der Waals surface area contributed by atoms with Crippen LogP contribution in [-0.2, 0) is 13.1 Å². The Hall–Kier alpha value is -1.57. The molecule has 1 aromatic carbocycles. The number of aryl methyl sites for hydroxylation is 2. The Morgan fingerprint density at radius 1 is 0.655 bits per heavy atom. The van der Waals surface area contributed by atoms with Crippen LogP contribution in [0.3, 0.4) is 0 Å². The lowest BCUT2D eigenvalue weighted by Gasteiger charge is -2.06. The summed E-state index contributed by atoms with van der Waals surface area (Å²) in [5.74, 6) is 1.38.